The van der Waals surface area contributed by atoms with Crippen molar-refractivity contribution in [3.8, 4) is 10.4 Å². The van der Waals surface area contributed by atoms with Crippen molar-refractivity contribution in [2.75, 3.05) is 7.05 Å². The Labute approximate surface area is 161 Å². The van der Waals surface area contributed by atoms with Crippen LogP contribution in [0.2, 0.25) is 0 Å². The van der Waals surface area contributed by atoms with E-state index in [1.807, 2.05) is 31.3 Å². The van der Waals surface area contributed by atoms with Crippen LogP contribution in [0.4, 0.5) is 4.39 Å². The summed E-state index contributed by atoms with van der Waals surface area (Å²) in [4.78, 5) is 16.1. The standard InChI is InChI=1S/C23H18FNOS/c1-25(15-16-6-7-17-4-2-3-5-19(17)14-16)23(26)22-13-12-21(27-22)18-8-10-20(24)11-9-18/h2-14H,15H2,1H3. The van der Waals surface area contributed by atoms with Gasteiger partial charge in [-0.3, -0.25) is 4.79 Å². The molecule has 0 aliphatic heterocycles. The van der Waals surface area contributed by atoms with Crippen LogP contribution in [0.1, 0.15) is 15.2 Å². The van der Waals surface area contributed by atoms with Crippen molar-refractivity contribution in [1.82, 2.24) is 4.90 Å². The average Bonchev–Trinajstić information content (AvgIpc) is 3.18. The summed E-state index contributed by atoms with van der Waals surface area (Å²) in [5, 5.41) is 2.36. The Balaban J connectivity index is 1.50. The van der Waals surface area contributed by atoms with Crippen molar-refractivity contribution in [3.05, 3.63) is 95.1 Å². The van der Waals surface area contributed by atoms with E-state index < -0.39 is 0 Å². The smallest absolute Gasteiger partial charge is 0.263 e. The number of thiophene rings is 1. The molecule has 0 aliphatic carbocycles. The van der Waals surface area contributed by atoms with Gasteiger partial charge in [-0.2, -0.15) is 0 Å². The van der Waals surface area contributed by atoms with Gasteiger partial charge in [-0.1, -0.05) is 48.5 Å². The van der Waals surface area contributed by atoms with Gasteiger partial charge >= 0.3 is 0 Å². The van der Waals surface area contributed by atoms with E-state index in [9.17, 15) is 9.18 Å². The minimum Gasteiger partial charge on any atom is -0.337 e. The lowest BCUT2D eigenvalue weighted by Crippen LogP contribution is -2.25. The van der Waals surface area contributed by atoms with E-state index in [2.05, 4.69) is 30.3 Å². The van der Waals surface area contributed by atoms with Gasteiger partial charge in [0.05, 0.1) is 4.88 Å². The van der Waals surface area contributed by atoms with Crippen LogP contribution in [-0.2, 0) is 6.54 Å². The summed E-state index contributed by atoms with van der Waals surface area (Å²) in [6, 6.07) is 24.5. The fourth-order valence-electron chi connectivity index (χ4n) is 3.09. The Morgan fingerprint density at radius 3 is 2.44 bits per heavy atom. The SMILES string of the molecule is CN(Cc1ccc2ccccc2c1)C(=O)c1ccc(-c2ccc(F)cc2)s1. The summed E-state index contributed by atoms with van der Waals surface area (Å²) in [5.41, 5.74) is 2.01. The van der Waals surface area contributed by atoms with Gasteiger partial charge in [-0.05, 0) is 52.2 Å². The maximum absolute atomic E-state index is 13.1. The van der Waals surface area contributed by atoms with Gasteiger partial charge in [0, 0.05) is 18.5 Å². The molecule has 0 saturated heterocycles. The zero-order valence-electron chi connectivity index (χ0n) is 14.9. The highest BCUT2D eigenvalue weighted by molar-refractivity contribution is 7.17. The molecule has 27 heavy (non-hydrogen) atoms. The van der Waals surface area contributed by atoms with Gasteiger partial charge < -0.3 is 4.90 Å². The normalized spacial score (nSPS) is 10.9. The second kappa shape index (κ2) is 7.33. The van der Waals surface area contributed by atoms with Gasteiger partial charge in [0.25, 0.3) is 5.91 Å². The van der Waals surface area contributed by atoms with Crippen molar-refractivity contribution in [3.63, 3.8) is 0 Å². The highest BCUT2D eigenvalue weighted by atomic mass is 32.1. The largest absolute Gasteiger partial charge is 0.337 e. The number of halogens is 1. The van der Waals surface area contributed by atoms with Gasteiger partial charge in [0.1, 0.15) is 5.82 Å². The summed E-state index contributed by atoms with van der Waals surface area (Å²) >= 11 is 1.43. The fraction of sp³-hybridized carbons (Fsp3) is 0.0870. The molecular weight excluding hydrogens is 357 g/mol. The van der Waals surface area contributed by atoms with Gasteiger partial charge in [0.2, 0.25) is 0 Å². The van der Waals surface area contributed by atoms with Crippen LogP contribution in [0.3, 0.4) is 0 Å². The van der Waals surface area contributed by atoms with E-state index in [1.165, 1.54) is 34.2 Å². The first-order valence-electron chi connectivity index (χ1n) is 8.69. The predicted octanol–water partition coefficient (Wildman–Crippen LogP) is 5.98. The second-order valence-corrected chi connectivity index (χ2v) is 7.60. The number of rotatable bonds is 4. The molecule has 3 aromatic carbocycles. The molecule has 0 radical (unpaired) electrons. The van der Waals surface area contributed by atoms with Crippen LogP contribution in [0.25, 0.3) is 21.2 Å². The minimum absolute atomic E-state index is 0.0125. The molecule has 0 fully saturated rings. The molecule has 0 N–H and O–H groups in total. The Hall–Kier alpha value is -2.98. The van der Waals surface area contributed by atoms with E-state index in [4.69, 9.17) is 0 Å². The highest BCUT2D eigenvalue weighted by Crippen LogP contribution is 2.29. The van der Waals surface area contributed by atoms with Crippen LogP contribution < -0.4 is 0 Å². The summed E-state index contributed by atoms with van der Waals surface area (Å²) in [5.74, 6) is -0.275. The molecule has 0 saturated carbocycles. The summed E-state index contributed by atoms with van der Waals surface area (Å²) in [7, 11) is 1.81. The van der Waals surface area contributed by atoms with Crippen LogP contribution >= 0.6 is 11.3 Å². The van der Waals surface area contributed by atoms with Gasteiger partial charge in [-0.25, -0.2) is 4.39 Å². The number of fused-ring (bicyclic) bond motifs is 1. The fourth-order valence-corrected chi connectivity index (χ4v) is 4.10. The summed E-state index contributed by atoms with van der Waals surface area (Å²) < 4.78 is 13.1. The first kappa shape index (κ1) is 17.4. The average molecular weight is 375 g/mol. The van der Waals surface area contributed by atoms with Gasteiger partial charge in [-0.15, -0.1) is 11.3 Å². The van der Waals surface area contributed by atoms with Crippen molar-refractivity contribution >= 4 is 28.0 Å². The molecule has 0 aliphatic rings. The number of carbonyl (C=O) groups is 1. The molecule has 1 amide bonds. The molecule has 4 rings (SSSR count). The predicted molar refractivity (Wildman–Crippen MR) is 109 cm³/mol. The summed E-state index contributed by atoms with van der Waals surface area (Å²) in [6.07, 6.45) is 0. The molecule has 4 heteroatoms. The van der Waals surface area contributed by atoms with Crippen LogP contribution in [0, 0.1) is 5.82 Å². The zero-order chi connectivity index (χ0) is 18.8. The molecule has 0 atom stereocenters. The van der Waals surface area contributed by atoms with E-state index in [-0.39, 0.29) is 11.7 Å². The third kappa shape index (κ3) is 3.76. The second-order valence-electron chi connectivity index (χ2n) is 6.51. The molecule has 134 valence electrons. The third-order valence-electron chi connectivity index (χ3n) is 4.53. The van der Waals surface area contributed by atoms with E-state index in [1.54, 1.807) is 17.0 Å². The molecule has 0 bridgehead atoms. The number of carbonyl (C=O) groups excluding carboxylic acids is 1. The van der Waals surface area contributed by atoms with Crippen molar-refractivity contribution < 1.29 is 9.18 Å². The molecular formula is C23H18FNOS. The monoisotopic (exact) mass is 375 g/mol. The Kier molecular flexibility index (Phi) is 4.73. The highest BCUT2D eigenvalue weighted by Gasteiger charge is 2.15. The van der Waals surface area contributed by atoms with Gasteiger partial charge in [0.15, 0.2) is 0 Å². The minimum atomic E-state index is -0.262. The van der Waals surface area contributed by atoms with E-state index in [0.717, 1.165) is 16.0 Å². The topological polar surface area (TPSA) is 20.3 Å². The molecule has 1 heterocycles. The number of hydrogen-bond donors (Lipinski definition) is 0. The maximum atomic E-state index is 13.1. The Morgan fingerprint density at radius 1 is 0.926 bits per heavy atom. The van der Waals surface area contributed by atoms with E-state index >= 15 is 0 Å². The lowest BCUT2D eigenvalue weighted by molar-refractivity contribution is 0.0790. The van der Waals surface area contributed by atoms with E-state index in [0.29, 0.717) is 11.4 Å². The summed E-state index contributed by atoms with van der Waals surface area (Å²) in [6.45, 7) is 0.549. The zero-order valence-corrected chi connectivity index (χ0v) is 15.7. The Morgan fingerprint density at radius 2 is 1.67 bits per heavy atom. The quantitative estimate of drug-likeness (QED) is 0.430. The number of hydrogen-bond acceptors (Lipinski definition) is 2. The third-order valence-corrected chi connectivity index (χ3v) is 5.65. The number of amides is 1. The first-order valence-corrected chi connectivity index (χ1v) is 9.51. The molecule has 2 nitrogen and oxygen atoms in total. The van der Waals surface area contributed by atoms with Crippen LogP contribution in [0.5, 0.6) is 0 Å². The van der Waals surface area contributed by atoms with Crippen molar-refractivity contribution in [2.24, 2.45) is 0 Å². The lowest BCUT2D eigenvalue weighted by atomic mass is 10.1. The van der Waals surface area contributed by atoms with Crippen molar-refractivity contribution in [2.45, 2.75) is 6.54 Å². The molecule has 4 aromatic rings. The molecule has 0 spiro atoms. The molecule has 1 aromatic heterocycles. The molecule has 0 unspecified atom stereocenters. The van der Waals surface area contributed by atoms with Crippen molar-refractivity contribution in [1.29, 1.82) is 0 Å². The number of nitrogens with zero attached hydrogens (tertiary/aromatic N) is 1. The lowest BCUT2D eigenvalue weighted by Gasteiger charge is -2.16. The Bertz CT molecular complexity index is 1100. The van der Waals surface area contributed by atoms with Crippen LogP contribution in [-0.4, -0.2) is 17.9 Å². The maximum Gasteiger partial charge on any atom is 0.263 e. The number of benzene rings is 3. The van der Waals surface area contributed by atoms with Crippen LogP contribution in [0.15, 0.2) is 78.9 Å². The first-order chi connectivity index (χ1) is 13.1.